The van der Waals surface area contributed by atoms with Crippen LogP contribution in [0.5, 0.6) is 0 Å². The van der Waals surface area contributed by atoms with Crippen LogP contribution in [0.3, 0.4) is 0 Å². The van der Waals surface area contributed by atoms with Crippen LogP contribution in [0.15, 0.2) is 11.6 Å². The topological polar surface area (TPSA) is 57.5 Å². The summed E-state index contributed by atoms with van der Waals surface area (Å²) >= 11 is 0. The highest BCUT2D eigenvalue weighted by atomic mass is 16.4. The Morgan fingerprint density at radius 3 is 2.21 bits per heavy atom. The quantitative estimate of drug-likeness (QED) is 0.409. The average molecular weight is 457 g/mol. The molecular formula is C30H48O3. The van der Waals surface area contributed by atoms with E-state index in [0.717, 1.165) is 38.5 Å². The molecule has 4 fully saturated rings. The first-order chi connectivity index (χ1) is 15.1. The highest BCUT2D eigenvalue weighted by Gasteiger charge is 2.68. The lowest BCUT2D eigenvalue weighted by atomic mass is 9.33. The van der Waals surface area contributed by atoms with Gasteiger partial charge in [0.2, 0.25) is 0 Å². The number of aliphatic carboxylic acids is 1. The maximum absolute atomic E-state index is 12.2. The van der Waals surface area contributed by atoms with E-state index in [1.165, 1.54) is 25.7 Å². The molecule has 0 bridgehead atoms. The number of allylic oxidation sites excluding steroid dienone is 2. The van der Waals surface area contributed by atoms with Crippen molar-refractivity contribution >= 4 is 5.97 Å². The summed E-state index contributed by atoms with van der Waals surface area (Å²) < 4.78 is 0. The van der Waals surface area contributed by atoms with Gasteiger partial charge in [-0.15, -0.1) is 0 Å². The Bertz CT molecular complexity index is 889. The Morgan fingerprint density at radius 1 is 0.879 bits per heavy atom. The zero-order valence-corrected chi connectivity index (χ0v) is 22.3. The van der Waals surface area contributed by atoms with Crippen LogP contribution in [0.1, 0.15) is 113 Å². The second kappa shape index (κ2) is 6.89. The normalized spacial score (nSPS) is 55.3. The molecule has 5 aliphatic carbocycles. The van der Waals surface area contributed by atoms with Gasteiger partial charge < -0.3 is 10.2 Å². The van der Waals surface area contributed by atoms with E-state index in [4.69, 9.17) is 0 Å². The minimum absolute atomic E-state index is 0.0168. The van der Waals surface area contributed by atoms with Crippen LogP contribution >= 0.6 is 0 Å². The summed E-state index contributed by atoms with van der Waals surface area (Å²) in [6.07, 6.45) is 13.2. The summed E-state index contributed by atoms with van der Waals surface area (Å²) in [7, 11) is 0. The van der Waals surface area contributed by atoms with Crippen molar-refractivity contribution in [2.45, 2.75) is 119 Å². The maximum atomic E-state index is 12.2. The third-order valence-corrected chi connectivity index (χ3v) is 13.3. The van der Waals surface area contributed by atoms with Gasteiger partial charge in [-0.05, 0) is 116 Å². The molecule has 0 radical (unpaired) electrons. The molecule has 5 aliphatic rings. The molecule has 3 nitrogen and oxygen atoms in total. The number of rotatable bonds is 1. The summed E-state index contributed by atoms with van der Waals surface area (Å²) in [5, 5.41) is 20.9. The van der Waals surface area contributed by atoms with Gasteiger partial charge in [0.1, 0.15) is 0 Å². The fourth-order valence-corrected chi connectivity index (χ4v) is 10.5. The lowest BCUT2D eigenvalue weighted by Gasteiger charge is -2.71. The summed E-state index contributed by atoms with van der Waals surface area (Å²) in [5.41, 5.74) is 1.94. The molecule has 0 aliphatic heterocycles. The zero-order chi connectivity index (χ0) is 24.2. The van der Waals surface area contributed by atoms with Crippen molar-refractivity contribution in [1.29, 1.82) is 0 Å². The maximum Gasteiger partial charge on any atom is 0.309 e. The molecular weight excluding hydrogens is 408 g/mol. The second-order valence-electron chi connectivity index (χ2n) is 14.9. The summed E-state index contributed by atoms with van der Waals surface area (Å²) in [6, 6.07) is 0. The van der Waals surface area contributed by atoms with Crippen molar-refractivity contribution < 1.29 is 15.0 Å². The Balaban J connectivity index is 1.57. The van der Waals surface area contributed by atoms with Gasteiger partial charge in [-0.2, -0.15) is 0 Å². The highest BCUT2D eigenvalue weighted by molar-refractivity contribution is 5.74. The predicted octanol–water partition coefficient (Wildman–Crippen LogP) is 7.23. The Kier molecular flexibility index (Phi) is 4.99. The molecule has 0 unspecified atom stereocenters. The van der Waals surface area contributed by atoms with Crippen molar-refractivity contribution in [2.75, 3.05) is 0 Å². The molecule has 0 amide bonds. The van der Waals surface area contributed by atoms with Crippen LogP contribution in [0.25, 0.3) is 0 Å². The van der Waals surface area contributed by atoms with Gasteiger partial charge >= 0.3 is 5.97 Å². The summed E-state index contributed by atoms with van der Waals surface area (Å²) in [4.78, 5) is 12.2. The van der Waals surface area contributed by atoms with Crippen molar-refractivity contribution in [3.8, 4) is 0 Å². The van der Waals surface area contributed by atoms with Crippen LogP contribution in [-0.2, 0) is 4.79 Å². The molecule has 3 heteroatoms. The minimum atomic E-state index is -0.603. The minimum Gasteiger partial charge on any atom is -0.481 e. The van der Waals surface area contributed by atoms with Crippen LogP contribution < -0.4 is 0 Å². The van der Waals surface area contributed by atoms with Crippen LogP contribution in [-0.4, -0.2) is 22.3 Å². The van der Waals surface area contributed by atoms with Gasteiger partial charge in [-0.3, -0.25) is 4.79 Å². The second-order valence-corrected chi connectivity index (χ2v) is 14.9. The number of hydrogen-bond acceptors (Lipinski definition) is 2. The van der Waals surface area contributed by atoms with E-state index in [-0.39, 0.29) is 33.2 Å². The van der Waals surface area contributed by atoms with Crippen molar-refractivity contribution in [2.24, 2.45) is 50.2 Å². The van der Waals surface area contributed by atoms with E-state index >= 15 is 0 Å². The smallest absolute Gasteiger partial charge is 0.309 e. The number of aliphatic hydroxyl groups is 1. The van der Waals surface area contributed by atoms with E-state index in [9.17, 15) is 15.0 Å². The average Bonchev–Trinajstić information content (AvgIpc) is 2.73. The monoisotopic (exact) mass is 456 g/mol. The molecule has 0 heterocycles. The van der Waals surface area contributed by atoms with Gasteiger partial charge in [0.05, 0.1) is 11.5 Å². The molecule has 0 aromatic carbocycles. The zero-order valence-electron chi connectivity index (χ0n) is 22.3. The molecule has 0 saturated heterocycles. The number of carboxylic acid groups (broad SMARTS) is 1. The summed E-state index contributed by atoms with van der Waals surface area (Å²) in [6.45, 7) is 16.8. The number of carbonyl (C=O) groups is 1. The first kappa shape index (κ1) is 23.9. The van der Waals surface area contributed by atoms with Gasteiger partial charge in [-0.25, -0.2) is 0 Å². The van der Waals surface area contributed by atoms with E-state index in [0.29, 0.717) is 17.8 Å². The number of fused-ring (bicyclic) bond motifs is 7. The van der Waals surface area contributed by atoms with Crippen molar-refractivity contribution in [1.82, 2.24) is 0 Å². The lowest BCUT2D eigenvalue weighted by molar-refractivity contribution is -0.203. The van der Waals surface area contributed by atoms with Crippen LogP contribution in [0.2, 0.25) is 0 Å². The third-order valence-electron chi connectivity index (χ3n) is 13.3. The first-order valence-electron chi connectivity index (χ1n) is 13.8. The van der Waals surface area contributed by atoms with E-state index in [1.807, 2.05) is 6.92 Å². The Morgan fingerprint density at radius 2 is 1.55 bits per heavy atom. The number of carboxylic acids is 1. The largest absolute Gasteiger partial charge is 0.481 e. The SMILES string of the molecule is CC1(C)[C@H](O)CC[C@]2(C)[C@@H]1CC[C@@]1(C)[C@H]2CC=C2[C@H]3C[C@@](C)(C(=O)O)CC[C@@]3(C)CC[C@@]21C. The van der Waals surface area contributed by atoms with Gasteiger partial charge in [-0.1, -0.05) is 53.2 Å². The molecule has 2 N–H and O–H groups in total. The molecule has 33 heavy (non-hydrogen) atoms. The molecule has 0 aromatic rings. The fraction of sp³-hybridized carbons (Fsp3) is 0.900. The molecule has 186 valence electrons. The molecule has 0 aromatic heterocycles. The highest BCUT2D eigenvalue weighted by Crippen LogP contribution is 2.75. The Labute approximate surface area is 201 Å². The molecule has 5 rings (SSSR count). The van der Waals surface area contributed by atoms with Gasteiger partial charge in [0.15, 0.2) is 0 Å². The van der Waals surface area contributed by atoms with Gasteiger partial charge in [0, 0.05) is 0 Å². The third kappa shape index (κ3) is 2.87. The van der Waals surface area contributed by atoms with Crippen LogP contribution in [0.4, 0.5) is 0 Å². The fourth-order valence-electron chi connectivity index (χ4n) is 10.5. The van der Waals surface area contributed by atoms with E-state index in [2.05, 4.69) is 47.6 Å². The lowest BCUT2D eigenvalue weighted by Crippen LogP contribution is -2.64. The number of hydrogen-bond donors (Lipinski definition) is 2. The standard InChI is InChI=1S/C30H48O3/c1-25(2)21-10-13-30(7)22(28(21,5)12-11-23(25)31)9-8-19-20-18-27(4,24(32)33)15-14-26(20,3)16-17-29(19,30)6/h8,20-23,31H,9-18H2,1-7H3,(H,32,33)/t20-,21-,22+,23-,26+,27+,28-,29+,30+/m1/s1. The van der Waals surface area contributed by atoms with Crippen molar-refractivity contribution in [3.05, 3.63) is 11.6 Å². The van der Waals surface area contributed by atoms with Gasteiger partial charge in [0.25, 0.3) is 0 Å². The number of aliphatic hydroxyl groups excluding tert-OH is 1. The summed E-state index contributed by atoms with van der Waals surface area (Å²) in [5.74, 6) is 1.01. The van der Waals surface area contributed by atoms with Crippen molar-refractivity contribution in [3.63, 3.8) is 0 Å². The molecule has 4 saturated carbocycles. The van der Waals surface area contributed by atoms with E-state index in [1.54, 1.807) is 5.57 Å². The molecule has 0 spiro atoms. The molecule has 9 atom stereocenters. The first-order valence-corrected chi connectivity index (χ1v) is 13.8. The Hall–Kier alpha value is -0.830. The van der Waals surface area contributed by atoms with E-state index < -0.39 is 11.4 Å². The predicted molar refractivity (Wildman–Crippen MR) is 133 cm³/mol. The van der Waals surface area contributed by atoms with Crippen LogP contribution in [0, 0.1) is 50.2 Å².